The van der Waals surface area contributed by atoms with E-state index in [1.807, 2.05) is 24.1 Å². The fourth-order valence-electron chi connectivity index (χ4n) is 7.84. The minimum absolute atomic E-state index is 0.0153. The molecule has 4 aromatic heterocycles. The fraction of sp³-hybridized carbons (Fsp3) is 0.414. The van der Waals surface area contributed by atoms with E-state index in [0.717, 1.165) is 50.9 Å². The molecular formula is C29H26F3N7O2S2. The van der Waals surface area contributed by atoms with Gasteiger partial charge < -0.3 is 19.7 Å². The molecule has 1 N–H and O–H groups in total. The van der Waals surface area contributed by atoms with Crippen LogP contribution < -0.4 is 15.8 Å². The second-order valence-corrected chi connectivity index (χ2v) is 14.2. The standard InChI is InChI=1S/C29H26F3N7O2S2/c1-14-22(43-15(2)34-14)19-11-42-26(35-19)36-21-5-4-16(8-33-21)24(40)39-23-17-7-27(23)12-28(27,39)13-38(9-17)20-6-18(29(30,31)32)10-37(3)25(20)41/h4-6,8,10-11,17,23H,7,9,12-13H2,1-3H3,(H,33,35,36)/t17-,23?,27?,28?/m0/s1. The van der Waals surface area contributed by atoms with Crippen molar-refractivity contribution in [2.45, 2.75) is 44.4 Å². The number of aryl methyl sites for hydroxylation is 3. The number of piperidine rings is 1. The molecule has 6 fully saturated rings. The lowest BCUT2D eigenvalue weighted by molar-refractivity contribution is -0.138. The zero-order chi connectivity index (χ0) is 30.1. The minimum Gasteiger partial charge on any atom is -0.364 e. The average molecular weight is 626 g/mol. The van der Waals surface area contributed by atoms with Gasteiger partial charge in [-0.05, 0) is 50.8 Å². The Labute approximate surface area is 252 Å². The van der Waals surface area contributed by atoms with Crippen LogP contribution in [0.4, 0.5) is 29.8 Å². The van der Waals surface area contributed by atoms with E-state index < -0.39 is 22.8 Å². The maximum atomic E-state index is 13.8. The highest BCUT2D eigenvalue weighted by Gasteiger charge is 2.92. The van der Waals surface area contributed by atoms with Crippen LogP contribution in [0.5, 0.6) is 0 Å². The van der Waals surface area contributed by atoms with Crippen LogP contribution in [0.1, 0.15) is 39.5 Å². The number of halogens is 3. The van der Waals surface area contributed by atoms with E-state index >= 15 is 0 Å². The maximum absolute atomic E-state index is 13.8. The minimum atomic E-state index is -4.56. The summed E-state index contributed by atoms with van der Waals surface area (Å²) in [5.74, 6) is 0.527. The zero-order valence-corrected chi connectivity index (χ0v) is 25.0. The number of nitrogens with one attached hydrogen (secondary N) is 1. The summed E-state index contributed by atoms with van der Waals surface area (Å²) in [4.78, 5) is 45.1. The molecule has 4 aliphatic heterocycles. The average Bonchev–Trinajstić information content (AvgIpc) is 3.21. The van der Waals surface area contributed by atoms with Crippen molar-refractivity contribution in [1.82, 2.24) is 24.4 Å². The van der Waals surface area contributed by atoms with Crippen molar-refractivity contribution in [3.8, 4) is 10.6 Å². The molecule has 43 heavy (non-hydrogen) atoms. The number of pyridine rings is 2. The van der Waals surface area contributed by atoms with Gasteiger partial charge in [0.15, 0.2) is 5.13 Å². The normalized spacial score (nSPS) is 26.7. The number of aromatic nitrogens is 4. The van der Waals surface area contributed by atoms with Gasteiger partial charge in [0.2, 0.25) is 0 Å². The van der Waals surface area contributed by atoms with Crippen LogP contribution in [-0.2, 0) is 13.2 Å². The van der Waals surface area contributed by atoms with Crippen LogP contribution in [-0.4, -0.2) is 55.0 Å². The van der Waals surface area contributed by atoms with Crippen molar-refractivity contribution < 1.29 is 18.0 Å². The topological polar surface area (TPSA) is 96.2 Å². The highest BCUT2D eigenvalue weighted by molar-refractivity contribution is 7.16. The molecule has 222 valence electrons. The lowest BCUT2D eigenvalue weighted by Gasteiger charge is -2.62. The van der Waals surface area contributed by atoms with E-state index in [9.17, 15) is 22.8 Å². The summed E-state index contributed by atoms with van der Waals surface area (Å²) in [7, 11) is 1.34. The number of carbonyl (C=O) groups is 1. The Morgan fingerprint density at radius 1 is 1.21 bits per heavy atom. The molecule has 8 heterocycles. The molecule has 2 saturated carbocycles. The van der Waals surface area contributed by atoms with Gasteiger partial charge in [-0.1, -0.05) is 0 Å². The van der Waals surface area contributed by atoms with Crippen molar-refractivity contribution in [2.24, 2.45) is 18.4 Å². The number of hydrogen-bond acceptors (Lipinski definition) is 9. The largest absolute Gasteiger partial charge is 0.417 e. The van der Waals surface area contributed by atoms with Crippen molar-refractivity contribution in [2.75, 3.05) is 23.3 Å². The Hall–Kier alpha value is -3.78. The quantitative estimate of drug-likeness (QED) is 0.325. The third-order valence-corrected chi connectivity index (χ3v) is 11.5. The first kappa shape index (κ1) is 26.8. The smallest absolute Gasteiger partial charge is 0.364 e. The summed E-state index contributed by atoms with van der Waals surface area (Å²) in [6.07, 6.45) is -0.446. The molecule has 4 aromatic rings. The Balaban J connectivity index is 1.01. The summed E-state index contributed by atoms with van der Waals surface area (Å²) in [6.45, 7) is 4.73. The number of anilines is 3. The Bertz CT molecular complexity index is 1880. The molecule has 4 atom stereocenters. The molecule has 10 rings (SSSR count). The Morgan fingerprint density at radius 2 is 2.02 bits per heavy atom. The second-order valence-electron chi connectivity index (χ2n) is 12.1. The molecule has 2 aliphatic carbocycles. The van der Waals surface area contributed by atoms with Gasteiger partial charge in [-0.15, -0.1) is 22.7 Å². The molecule has 9 nitrogen and oxygen atoms in total. The predicted octanol–water partition coefficient (Wildman–Crippen LogP) is 5.23. The van der Waals surface area contributed by atoms with Gasteiger partial charge >= 0.3 is 6.18 Å². The summed E-state index contributed by atoms with van der Waals surface area (Å²) < 4.78 is 41.7. The molecule has 6 aliphatic rings. The number of rotatable bonds is 5. The molecule has 0 aromatic carbocycles. The van der Waals surface area contributed by atoms with Gasteiger partial charge in [-0.25, -0.2) is 15.0 Å². The number of thiazole rings is 2. The predicted molar refractivity (Wildman–Crippen MR) is 157 cm³/mol. The first-order chi connectivity index (χ1) is 20.4. The zero-order valence-electron chi connectivity index (χ0n) is 23.4. The van der Waals surface area contributed by atoms with Gasteiger partial charge in [0.25, 0.3) is 11.5 Å². The fourth-order valence-corrected chi connectivity index (χ4v) is 9.50. The SMILES string of the molecule is Cc1nc(C)c(-c2csc(Nc3ccc(C(=O)N4C5[C@@H]6CN(c7cc(C(F)(F)F)cn(C)c7=O)CC47CC57C6)cn3)n2)s1. The van der Waals surface area contributed by atoms with Crippen molar-refractivity contribution in [3.63, 3.8) is 0 Å². The van der Waals surface area contributed by atoms with Crippen molar-refractivity contribution in [3.05, 3.63) is 68.2 Å². The second kappa shape index (κ2) is 8.65. The maximum Gasteiger partial charge on any atom is 0.417 e. The molecular weight excluding hydrogens is 599 g/mol. The number of amides is 1. The van der Waals surface area contributed by atoms with Crippen LogP contribution >= 0.6 is 22.7 Å². The Morgan fingerprint density at radius 3 is 2.72 bits per heavy atom. The molecule has 0 radical (unpaired) electrons. The third-order valence-electron chi connectivity index (χ3n) is 9.63. The summed E-state index contributed by atoms with van der Waals surface area (Å²) in [5.41, 5.74) is 0.525. The van der Waals surface area contributed by atoms with Gasteiger partial charge in [-0.2, -0.15) is 13.2 Å². The van der Waals surface area contributed by atoms with E-state index in [1.54, 1.807) is 34.6 Å². The molecule has 2 spiro atoms. The highest BCUT2D eigenvalue weighted by Crippen LogP contribution is 2.83. The van der Waals surface area contributed by atoms with Gasteiger partial charge in [0.05, 0.1) is 37.9 Å². The number of carbonyl (C=O) groups excluding carboxylic acids is 1. The van der Waals surface area contributed by atoms with Gasteiger partial charge in [-0.3, -0.25) is 9.59 Å². The summed E-state index contributed by atoms with van der Waals surface area (Å²) >= 11 is 3.06. The first-order valence-corrected chi connectivity index (χ1v) is 15.6. The van der Waals surface area contributed by atoms with Crippen LogP contribution in [0.15, 0.2) is 40.8 Å². The number of hydrogen-bond donors (Lipinski definition) is 1. The van der Waals surface area contributed by atoms with E-state index in [2.05, 4.69) is 20.3 Å². The third kappa shape index (κ3) is 3.71. The van der Waals surface area contributed by atoms with Crippen molar-refractivity contribution in [1.29, 1.82) is 0 Å². The summed E-state index contributed by atoms with van der Waals surface area (Å²) in [6, 6.07) is 4.48. The summed E-state index contributed by atoms with van der Waals surface area (Å²) in [5, 5.41) is 6.85. The van der Waals surface area contributed by atoms with Gasteiger partial charge in [0, 0.05) is 49.4 Å². The van der Waals surface area contributed by atoms with Crippen molar-refractivity contribution >= 4 is 45.2 Å². The lowest BCUT2D eigenvalue weighted by atomic mass is 9.58. The van der Waals surface area contributed by atoms with E-state index in [0.29, 0.717) is 29.6 Å². The number of alkyl halides is 3. The Kier molecular flexibility index (Phi) is 5.40. The monoisotopic (exact) mass is 625 g/mol. The molecule has 14 heteroatoms. The highest BCUT2D eigenvalue weighted by atomic mass is 32.1. The van der Waals surface area contributed by atoms with Crippen LogP contribution in [0.25, 0.3) is 10.6 Å². The molecule has 4 saturated heterocycles. The van der Waals surface area contributed by atoms with E-state index in [1.165, 1.54) is 18.4 Å². The molecule has 3 unspecified atom stereocenters. The number of nitrogens with zero attached hydrogens (tertiary/aromatic N) is 6. The van der Waals surface area contributed by atoms with Gasteiger partial charge in [0.1, 0.15) is 11.5 Å². The van der Waals surface area contributed by atoms with E-state index in [-0.39, 0.29) is 29.0 Å². The van der Waals surface area contributed by atoms with E-state index in [4.69, 9.17) is 0 Å². The lowest BCUT2D eigenvalue weighted by Crippen LogP contribution is -2.74. The van der Waals surface area contributed by atoms with Crippen LogP contribution in [0.3, 0.4) is 0 Å². The molecule has 4 bridgehead atoms. The molecule has 1 amide bonds. The van der Waals surface area contributed by atoms with Crippen LogP contribution in [0, 0.1) is 25.2 Å². The first-order valence-electron chi connectivity index (χ1n) is 13.9. The van der Waals surface area contributed by atoms with Crippen LogP contribution in [0.2, 0.25) is 0 Å².